The SMILES string of the molecule is CCO/C(=C/C(=O)C(C)(C)C(=O)C(C)C)N(C)C. The van der Waals surface area contributed by atoms with Crippen LogP contribution in [-0.4, -0.2) is 37.2 Å². The zero-order valence-corrected chi connectivity index (χ0v) is 12.5. The van der Waals surface area contributed by atoms with Crippen LogP contribution in [0.25, 0.3) is 0 Å². The third kappa shape index (κ3) is 4.17. The number of hydrogen-bond donors (Lipinski definition) is 0. The summed E-state index contributed by atoms with van der Waals surface area (Å²) in [7, 11) is 3.60. The van der Waals surface area contributed by atoms with Gasteiger partial charge >= 0.3 is 0 Å². The minimum absolute atomic E-state index is 0.0571. The van der Waals surface area contributed by atoms with E-state index in [9.17, 15) is 9.59 Å². The Hall–Kier alpha value is -1.32. The molecule has 0 aromatic rings. The van der Waals surface area contributed by atoms with Gasteiger partial charge in [-0.05, 0) is 20.8 Å². The van der Waals surface area contributed by atoms with Gasteiger partial charge in [-0.1, -0.05) is 13.8 Å². The summed E-state index contributed by atoms with van der Waals surface area (Å²) in [5.74, 6) is 0.0380. The van der Waals surface area contributed by atoms with Crippen molar-refractivity contribution in [2.75, 3.05) is 20.7 Å². The number of ether oxygens (including phenoxy) is 1. The Morgan fingerprint density at radius 1 is 1.28 bits per heavy atom. The van der Waals surface area contributed by atoms with Crippen molar-refractivity contribution >= 4 is 11.6 Å². The lowest BCUT2D eigenvalue weighted by Crippen LogP contribution is -2.36. The maximum Gasteiger partial charge on any atom is 0.192 e. The Morgan fingerprint density at radius 3 is 2.11 bits per heavy atom. The van der Waals surface area contributed by atoms with E-state index in [0.29, 0.717) is 12.5 Å². The summed E-state index contributed by atoms with van der Waals surface area (Å²) in [6, 6.07) is 0. The molecule has 104 valence electrons. The standard InChI is InChI=1S/C14H25NO3/c1-8-18-12(15(6)7)9-11(16)14(4,5)13(17)10(2)3/h9-10H,8H2,1-7H3/b12-9+. The topological polar surface area (TPSA) is 46.6 Å². The summed E-state index contributed by atoms with van der Waals surface area (Å²) in [6.07, 6.45) is 1.41. The van der Waals surface area contributed by atoms with Crippen molar-refractivity contribution in [3.8, 4) is 0 Å². The summed E-state index contributed by atoms with van der Waals surface area (Å²) in [6.45, 7) is 9.26. The van der Waals surface area contributed by atoms with Gasteiger partial charge in [0, 0.05) is 26.1 Å². The molecule has 0 unspecified atom stereocenters. The first-order valence-corrected chi connectivity index (χ1v) is 6.25. The number of allylic oxidation sites excluding steroid dienone is 1. The van der Waals surface area contributed by atoms with Gasteiger partial charge in [-0.2, -0.15) is 0 Å². The molecule has 0 heterocycles. The molecule has 18 heavy (non-hydrogen) atoms. The molecule has 0 aliphatic rings. The normalized spacial score (nSPS) is 12.6. The lowest BCUT2D eigenvalue weighted by Gasteiger charge is -2.23. The summed E-state index contributed by atoms with van der Waals surface area (Å²) in [5, 5.41) is 0. The highest BCUT2D eigenvalue weighted by atomic mass is 16.5. The van der Waals surface area contributed by atoms with Crippen molar-refractivity contribution in [1.29, 1.82) is 0 Å². The predicted molar refractivity (Wildman–Crippen MR) is 72.0 cm³/mol. The molecule has 0 aromatic heterocycles. The number of rotatable bonds is 7. The maximum atomic E-state index is 12.2. The number of carbonyl (C=O) groups excluding carboxylic acids is 2. The van der Waals surface area contributed by atoms with Crippen molar-refractivity contribution in [2.45, 2.75) is 34.6 Å². The van der Waals surface area contributed by atoms with Gasteiger partial charge in [-0.3, -0.25) is 9.59 Å². The number of nitrogens with zero attached hydrogens (tertiary/aromatic N) is 1. The Labute approximate surface area is 110 Å². The Bertz CT molecular complexity index is 341. The molecule has 0 rings (SSSR count). The zero-order valence-electron chi connectivity index (χ0n) is 12.5. The highest BCUT2D eigenvalue weighted by molar-refractivity contribution is 6.11. The van der Waals surface area contributed by atoms with E-state index in [-0.39, 0.29) is 17.5 Å². The lowest BCUT2D eigenvalue weighted by molar-refractivity contribution is -0.138. The first-order chi connectivity index (χ1) is 8.14. The van der Waals surface area contributed by atoms with Gasteiger partial charge in [-0.15, -0.1) is 0 Å². The van der Waals surface area contributed by atoms with Crippen LogP contribution in [0.1, 0.15) is 34.6 Å². The van der Waals surface area contributed by atoms with Crippen LogP contribution >= 0.6 is 0 Å². The van der Waals surface area contributed by atoms with Crippen molar-refractivity contribution in [1.82, 2.24) is 4.90 Å². The van der Waals surface area contributed by atoms with E-state index in [2.05, 4.69) is 0 Å². The van der Waals surface area contributed by atoms with Crippen LogP contribution in [0.5, 0.6) is 0 Å². The van der Waals surface area contributed by atoms with E-state index in [1.54, 1.807) is 46.7 Å². The fourth-order valence-electron chi connectivity index (χ4n) is 1.58. The average Bonchev–Trinajstić information content (AvgIpc) is 2.26. The molecule has 0 saturated heterocycles. The third-order valence-corrected chi connectivity index (χ3v) is 2.74. The van der Waals surface area contributed by atoms with E-state index in [4.69, 9.17) is 4.74 Å². The van der Waals surface area contributed by atoms with Gasteiger partial charge in [0.25, 0.3) is 0 Å². The molecule has 0 spiro atoms. The van der Waals surface area contributed by atoms with Crippen LogP contribution in [0.4, 0.5) is 0 Å². The second-order valence-electron chi connectivity index (χ2n) is 5.32. The molecule has 0 atom stereocenters. The molecule has 0 amide bonds. The Morgan fingerprint density at radius 2 is 1.78 bits per heavy atom. The molecule has 0 fully saturated rings. The van der Waals surface area contributed by atoms with E-state index >= 15 is 0 Å². The molecule has 0 aromatic carbocycles. The number of hydrogen-bond acceptors (Lipinski definition) is 4. The molecule has 4 heteroatoms. The summed E-state index contributed by atoms with van der Waals surface area (Å²) >= 11 is 0. The predicted octanol–water partition coefficient (Wildman–Crippen LogP) is 2.25. The molecule has 0 aliphatic heterocycles. The van der Waals surface area contributed by atoms with Gasteiger partial charge in [-0.25, -0.2) is 0 Å². The molecular formula is C14H25NO3. The first-order valence-electron chi connectivity index (χ1n) is 6.25. The van der Waals surface area contributed by atoms with Crippen LogP contribution in [-0.2, 0) is 14.3 Å². The van der Waals surface area contributed by atoms with Crippen LogP contribution in [0, 0.1) is 11.3 Å². The smallest absolute Gasteiger partial charge is 0.192 e. The molecule has 0 saturated carbocycles. The van der Waals surface area contributed by atoms with E-state index in [0.717, 1.165) is 0 Å². The minimum atomic E-state index is -1.01. The molecule has 0 N–H and O–H groups in total. The minimum Gasteiger partial charge on any atom is -0.479 e. The summed E-state index contributed by atoms with van der Waals surface area (Å²) in [5.41, 5.74) is -1.01. The third-order valence-electron chi connectivity index (χ3n) is 2.74. The van der Waals surface area contributed by atoms with Gasteiger partial charge in [0.15, 0.2) is 11.7 Å². The molecule has 0 radical (unpaired) electrons. The summed E-state index contributed by atoms with van der Waals surface area (Å²) < 4.78 is 5.36. The monoisotopic (exact) mass is 255 g/mol. The number of ketones is 2. The second-order valence-corrected chi connectivity index (χ2v) is 5.32. The largest absolute Gasteiger partial charge is 0.479 e. The van der Waals surface area contributed by atoms with Gasteiger partial charge in [0.05, 0.1) is 12.0 Å². The average molecular weight is 255 g/mol. The fourth-order valence-corrected chi connectivity index (χ4v) is 1.58. The van der Waals surface area contributed by atoms with E-state index in [1.807, 2.05) is 6.92 Å². The Balaban J connectivity index is 5.14. The molecule has 0 aliphatic carbocycles. The highest BCUT2D eigenvalue weighted by Crippen LogP contribution is 2.24. The van der Waals surface area contributed by atoms with Crippen LogP contribution in [0.3, 0.4) is 0 Å². The van der Waals surface area contributed by atoms with Crippen molar-refractivity contribution in [3.63, 3.8) is 0 Å². The van der Waals surface area contributed by atoms with Crippen molar-refractivity contribution in [3.05, 3.63) is 12.0 Å². The lowest BCUT2D eigenvalue weighted by atomic mass is 9.79. The quantitative estimate of drug-likeness (QED) is 0.398. The number of carbonyl (C=O) groups is 2. The van der Waals surface area contributed by atoms with Gasteiger partial charge < -0.3 is 9.64 Å². The zero-order chi connectivity index (χ0) is 14.5. The van der Waals surface area contributed by atoms with Crippen molar-refractivity contribution in [2.24, 2.45) is 11.3 Å². The first kappa shape index (κ1) is 16.7. The molecule has 4 nitrogen and oxygen atoms in total. The van der Waals surface area contributed by atoms with Gasteiger partial charge in [0.1, 0.15) is 5.78 Å². The maximum absolute atomic E-state index is 12.2. The second kappa shape index (κ2) is 6.57. The number of Topliss-reactive ketones (excluding diaryl/α,β-unsaturated/α-hetero) is 1. The highest BCUT2D eigenvalue weighted by Gasteiger charge is 2.36. The van der Waals surface area contributed by atoms with Crippen molar-refractivity contribution < 1.29 is 14.3 Å². The van der Waals surface area contributed by atoms with E-state index < -0.39 is 5.41 Å². The Kier molecular flexibility index (Phi) is 6.09. The van der Waals surface area contributed by atoms with Crippen LogP contribution in [0.2, 0.25) is 0 Å². The van der Waals surface area contributed by atoms with Gasteiger partial charge in [0.2, 0.25) is 0 Å². The molecule has 0 bridgehead atoms. The summed E-state index contributed by atoms with van der Waals surface area (Å²) in [4.78, 5) is 25.9. The fraction of sp³-hybridized carbons (Fsp3) is 0.714. The van der Waals surface area contributed by atoms with Crippen LogP contribution < -0.4 is 0 Å². The van der Waals surface area contributed by atoms with Crippen LogP contribution in [0.15, 0.2) is 12.0 Å². The molecular weight excluding hydrogens is 230 g/mol. The van der Waals surface area contributed by atoms with E-state index in [1.165, 1.54) is 6.08 Å².